The number of aromatic nitrogens is 4. The second-order valence-corrected chi connectivity index (χ2v) is 6.62. The minimum atomic E-state index is 0.198. The summed E-state index contributed by atoms with van der Waals surface area (Å²) in [5.41, 5.74) is 1.82. The SMILES string of the molecule is CC(C)Nc1nc(Nc2ccccc2)nc(Nc2cccc3cnccc23)n1. The first kappa shape index (κ1) is 17.7. The summed E-state index contributed by atoms with van der Waals surface area (Å²) in [5.74, 6) is 1.43. The Balaban J connectivity index is 1.69. The fourth-order valence-corrected chi connectivity index (χ4v) is 2.81. The van der Waals surface area contributed by atoms with Crippen molar-refractivity contribution in [3.05, 3.63) is 67.0 Å². The Labute approximate surface area is 163 Å². The molecule has 4 aromatic rings. The van der Waals surface area contributed by atoms with Crippen molar-refractivity contribution < 1.29 is 0 Å². The maximum Gasteiger partial charge on any atom is 0.233 e. The standard InChI is InChI=1S/C21H21N7/c1-14(2)23-19-26-20(24-16-8-4-3-5-9-16)28-21(27-19)25-18-10-6-7-15-13-22-12-11-17(15)18/h3-14H,1-2H3,(H3,23,24,25,26,27,28). The Morgan fingerprint density at radius 3 is 2.29 bits per heavy atom. The van der Waals surface area contributed by atoms with Crippen LogP contribution in [0.15, 0.2) is 67.0 Å². The average Bonchev–Trinajstić information content (AvgIpc) is 2.68. The van der Waals surface area contributed by atoms with Gasteiger partial charge in [-0.15, -0.1) is 0 Å². The van der Waals surface area contributed by atoms with Crippen LogP contribution in [-0.2, 0) is 0 Å². The first-order valence-corrected chi connectivity index (χ1v) is 9.12. The van der Waals surface area contributed by atoms with Gasteiger partial charge in [-0.25, -0.2) is 0 Å². The first-order valence-electron chi connectivity index (χ1n) is 9.12. The van der Waals surface area contributed by atoms with Gasteiger partial charge in [0, 0.05) is 40.6 Å². The molecule has 0 unspecified atom stereocenters. The number of anilines is 5. The lowest BCUT2D eigenvalue weighted by molar-refractivity contribution is 0.869. The molecule has 0 fully saturated rings. The van der Waals surface area contributed by atoms with Gasteiger partial charge in [0.1, 0.15) is 0 Å². The Kier molecular flexibility index (Phi) is 4.97. The van der Waals surface area contributed by atoms with E-state index in [1.165, 1.54) is 0 Å². The zero-order valence-electron chi connectivity index (χ0n) is 15.7. The van der Waals surface area contributed by atoms with Crippen LogP contribution >= 0.6 is 0 Å². The summed E-state index contributed by atoms with van der Waals surface area (Å²) in [6.45, 7) is 4.08. The van der Waals surface area contributed by atoms with Gasteiger partial charge in [0.2, 0.25) is 17.8 Å². The maximum atomic E-state index is 4.54. The Hall–Kier alpha value is -3.74. The molecular weight excluding hydrogens is 350 g/mol. The third-order valence-corrected chi connectivity index (χ3v) is 4.01. The van der Waals surface area contributed by atoms with Crippen LogP contribution in [0.1, 0.15) is 13.8 Å². The molecule has 2 heterocycles. The van der Waals surface area contributed by atoms with Crippen LogP contribution in [-0.4, -0.2) is 26.0 Å². The highest BCUT2D eigenvalue weighted by molar-refractivity contribution is 5.94. The molecule has 140 valence electrons. The molecule has 0 atom stereocenters. The van der Waals surface area contributed by atoms with E-state index in [2.05, 4.69) is 35.9 Å². The lowest BCUT2D eigenvalue weighted by Gasteiger charge is -2.13. The van der Waals surface area contributed by atoms with Gasteiger partial charge < -0.3 is 16.0 Å². The van der Waals surface area contributed by atoms with E-state index < -0.39 is 0 Å². The molecule has 0 saturated heterocycles. The van der Waals surface area contributed by atoms with E-state index in [1.807, 2.05) is 74.6 Å². The molecule has 3 N–H and O–H groups in total. The molecule has 7 nitrogen and oxygen atoms in total. The summed E-state index contributed by atoms with van der Waals surface area (Å²) in [7, 11) is 0. The van der Waals surface area contributed by atoms with Gasteiger partial charge in [-0.1, -0.05) is 30.3 Å². The lowest BCUT2D eigenvalue weighted by atomic mass is 10.1. The van der Waals surface area contributed by atoms with Gasteiger partial charge >= 0.3 is 0 Å². The fraction of sp³-hybridized carbons (Fsp3) is 0.143. The van der Waals surface area contributed by atoms with E-state index in [4.69, 9.17) is 0 Å². The van der Waals surface area contributed by atoms with Crippen LogP contribution in [0.2, 0.25) is 0 Å². The van der Waals surface area contributed by atoms with Crippen molar-refractivity contribution in [2.75, 3.05) is 16.0 Å². The van der Waals surface area contributed by atoms with E-state index in [0.717, 1.165) is 22.1 Å². The molecule has 0 bridgehead atoms. The van der Waals surface area contributed by atoms with E-state index in [0.29, 0.717) is 17.8 Å². The minimum absolute atomic E-state index is 0.198. The highest BCUT2D eigenvalue weighted by Gasteiger charge is 2.10. The molecule has 0 aliphatic carbocycles. The summed E-state index contributed by atoms with van der Waals surface area (Å²) in [4.78, 5) is 17.7. The largest absolute Gasteiger partial charge is 0.352 e. The van der Waals surface area contributed by atoms with E-state index in [1.54, 1.807) is 6.20 Å². The normalized spacial score (nSPS) is 10.8. The van der Waals surface area contributed by atoms with Crippen LogP contribution in [0.25, 0.3) is 10.8 Å². The highest BCUT2D eigenvalue weighted by atomic mass is 15.3. The molecule has 0 spiro atoms. The summed E-state index contributed by atoms with van der Waals surface area (Å²) in [6.07, 6.45) is 3.61. The Bertz CT molecular complexity index is 1080. The van der Waals surface area contributed by atoms with E-state index in [9.17, 15) is 0 Å². The van der Waals surface area contributed by atoms with Crippen LogP contribution < -0.4 is 16.0 Å². The van der Waals surface area contributed by atoms with Gasteiger partial charge in [-0.05, 0) is 38.1 Å². The maximum absolute atomic E-state index is 4.54. The molecule has 7 heteroatoms. The molecule has 0 aliphatic rings. The van der Waals surface area contributed by atoms with Crippen LogP contribution in [0.5, 0.6) is 0 Å². The lowest BCUT2D eigenvalue weighted by Crippen LogP contribution is -2.15. The van der Waals surface area contributed by atoms with Gasteiger partial charge in [0.15, 0.2) is 0 Å². The summed E-state index contributed by atoms with van der Waals surface area (Å²) in [6, 6.07) is 18.0. The average molecular weight is 371 g/mol. The minimum Gasteiger partial charge on any atom is -0.352 e. The predicted octanol–water partition coefficient (Wildman–Crippen LogP) is 4.73. The predicted molar refractivity (Wildman–Crippen MR) is 113 cm³/mol. The van der Waals surface area contributed by atoms with Crippen LogP contribution in [0.3, 0.4) is 0 Å². The van der Waals surface area contributed by atoms with Crippen molar-refractivity contribution in [1.29, 1.82) is 0 Å². The van der Waals surface area contributed by atoms with Crippen LogP contribution in [0.4, 0.5) is 29.2 Å². The second-order valence-electron chi connectivity index (χ2n) is 6.62. The first-order chi connectivity index (χ1) is 13.7. The molecule has 0 amide bonds. The highest BCUT2D eigenvalue weighted by Crippen LogP contribution is 2.25. The number of rotatable bonds is 6. The molecule has 0 saturated carbocycles. The van der Waals surface area contributed by atoms with Gasteiger partial charge in [0.25, 0.3) is 0 Å². The molecule has 28 heavy (non-hydrogen) atoms. The van der Waals surface area contributed by atoms with E-state index >= 15 is 0 Å². The third kappa shape index (κ3) is 4.15. The van der Waals surface area contributed by atoms with Crippen molar-refractivity contribution in [2.24, 2.45) is 0 Å². The number of hydrogen-bond donors (Lipinski definition) is 3. The number of benzene rings is 2. The second kappa shape index (κ2) is 7.87. The monoisotopic (exact) mass is 371 g/mol. The molecule has 4 rings (SSSR count). The number of para-hydroxylation sites is 1. The van der Waals surface area contributed by atoms with Crippen LogP contribution in [0, 0.1) is 0 Å². The number of hydrogen-bond acceptors (Lipinski definition) is 7. The molecule has 2 aromatic heterocycles. The van der Waals surface area contributed by atoms with Crippen molar-refractivity contribution in [2.45, 2.75) is 19.9 Å². The number of fused-ring (bicyclic) bond motifs is 1. The smallest absolute Gasteiger partial charge is 0.233 e. The summed E-state index contributed by atoms with van der Waals surface area (Å²) in [5, 5.41) is 11.9. The molecule has 2 aromatic carbocycles. The number of pyridine rings is 1. The Morgan fingerprint density at radius 1 is 0.750 bits per heavy atom. The van der Waals surface area contributed by atoms with Crippen molar-refractivity contribution in [3.63, 3.8) is 0 Å². The van der Waals surface area contributed by atoms with Crippen molar-refractivity contribution in [1.82, 2.24) is 19.9 Å². The quantitative estimate of drug-likeness (QED) is 0.452. The Morgan fingerprint density at radius 2 is 1.50 bits per heavy atom. The van der Waals surface area contributed by atoms with Crippen molar-refractivity contribution in [3.8, 4) is 0 Å². The van der Waals surface area contributed by atoms with Gasteiger partial charge in [-0.2, -0.15) is 15.0 Å². The molecule has 0 aliphatic heterocycles. The topological polar surface area (TPSA) is 87.7 Å². The van der Waals surface area contributed by atoms with Crippen molar-refractivity contribution >= 4 is 40.0 Å². The summed E-state index contributed by atoms with van der Waals surface area (Å²) < 4.78 is 0. The number of nitrogens with zero attached hydrogens (tertiary/aromatic N) is 4. The zero-order valence-corrected chi connectivity index (χ0v) is 15.7. The number of nitrogens with one attached hydrogen (secondary N) is 3. The van der Waals surface area contributed by atoms with Gasteiger partial charge in [0.05, 0.1) is 0 Å². The third-order valence-electron chi connectivity index (χ3n) is 4.01. The molecular formula is C21H21N7. The van der Waals surface area contributed by atoms with Gasteiger partial charge in [-0.3, -0.25) is 4.98 Å². The zero-order chi connectivity index (χ0) is 19.3. The summed E-state index contributed by atoms with van der Waals surface area (Å²) >= 11 is 0. The molecule has 0 radical (unpaired) electrons. The fourth-order valence-electron chi connectivity index (χ4n) is 2.81. The van der Waals surface area contributed by atoms with E-state index in [-0.39, 0.29) is 6.04 Å².